The van der Waals surface area contributed by atoms with Gasteiger partial charge in [-0.05, 0) is 55.2 Å². The lowest BCUT2D eigenvalue weighted by molar-refractivity contribution is -0.123. The van der Waals surface area contributed by atoms with Gasteiger partial charge in [0.25, 0.3) is 5.91 Å². The average Bonchev–Trinajstić information content (AvgIpc) is 2.70. The van der Waals surface area contributed by atoms with E-state index in [1.807, 2.05) is 6.26 Å². The van der Waals surface area contributed by atoms with E-state index in [1.54, 1.807) is 55.1 Å². The van der Waals surface area contributed by atoms with Crippen LogP contribution in [0.5, 0.6) is 0 Å². The summed E-state index contributed by atoms with van der Waals surface area (Å²) in [5.74, 6) is -0.0330. The molecular weight excluding hydrogens is 444 g/mol. The van der Waals surface area contributed by atoms with Crippen molar-refractivity contribution >= 4 is 45.0 Å². The summed E-state index contributed by atoms with van der Waals surface area (Å²) in [6.45, 7) is 1.80. The molecule has 0 spiro atoms. The van der Waals surface area contributed by atoms with Gasteiger partial charge in [0, 0.05) is 6.26 Å². The largest absolute Gasteiger partial charge is 0.348 e. The second-order valence-corrected chi connectivity index (χ2v) is 10.3. The molecule has 2 aromatic rings. The maximum Gasteiger partial charge on any atom is 0.253 e. The van der Waals surface area contributed by atoms with Gasteiger partial charge in [0.1, 0.15) is 6.04 Å². The number of nitrogens with one attached hydrogen (secondary N) is 2. The summed E-state index contributed by atoms with van der Waals surface area (Å²) in [6.07, 6.45) is 3.53. The molecule has 0 aromatic heterocycles. The number of carbonyl (C=O) groups is 2. The van der Waals surface area contributed by atoms with Gasteiger partial charge < -0.3 is 10.6 Å². The van der Waals surface area contributed by atoms with Gasteiger partial charge in [-0.2, -0.15) is 11.8 Å². The molecule has 2 amide bonds. The third-order valence-corrected chi connectivity index (χ3v) is 6.62. The molecule has 0 aliphatic heterocycles. The zero-order chi connectivity index (χ0) is 22.3. The normalized spacial score (nSPS) is 13.3. The molecule has 2 rings (SSSR count). The van der Waals surface area contributed by atoms with Gasteiger partial charge in [-0.25, -0.2) is 8.42 Å². The van der Waals surface area contributed by atoms with Crippen LogP contribution in [-0.2, 0) is 14.6 Å². The Labute approximate surface area is 186 Å². The van der Waals surface area contributed by atoms with E-state index in [2.05, 4.69) is 10.6 Å². The van der Waals surface area contributed by atoms with E-state index in [0.717, 1.165) is 11.8 Å². The molecule has 0 aliphatic rings. The highest BCUT2D eigenvalue weighted by Gasteiger charge is 2.23. The zero-order valence-corrected chi connectivity index (χ0v) is 19.4. The molecule has 2 N–H and O–H groups in total. The topological polar surface area (TPSA) is 92.3 Å². The van der Waals surface area contributed by atoms with E-state index in [9.17, 15) is 18.0 Å². The molecule has 30 heavy (non-hydrogen) atoms. The van der Waals surface area contributed by atoms with Crippen LogP contribution < -0.4 is 10.6 Å². The Morgan fingerprint density at radius 2 is 1.70 bits per heavy atom. The molecule has 0 fully saturated rings. The minimum absolute atomic E-state index is 0.217. The van der Waals surface area contributed by atoms with Crippen LogP contribution in [0.3, 0.4) is 0 Å². The van der Waals surface area contributed by atoms with Crippen LogP contribution in [-0.4, -0.2) is 44.5 Å². The first-order chi connectivity index (χ1) is 14.1. The van der Waals surface area contributed by atoms with Crippen molar-refractivity contribution in [2.24, 2.45) is 0 Å². The van der Waals surface area contributed by atoms with Gasteiger partial charge in [0.05, 0.1) is 21.5 Å². The molecule has 0 bridgehead atoms. The van der Waals surface area contributed by atoms with Crippen molar-refractivity contribution in [3.63, 3.8) is 0 Å². The summed E-state index contributed by atoms with van der Waals surface area (Å²) in [6, 6.07) is 11.9. The molecule has 0 saturated heterocycles. The quantitative estimate of drug-likeness (QED) is 0.587. The number of amides is 2. The van der Waals surface area contributed by atoms with Crippen LogP contribution in [0.4, 0.5) is 0 Å². The van der Waals surface area contributed by atoms with Gasteiger partial charge in [-0.3, -0.25) is 9.59 Å². The minimum atomic E-state index is -3.28. The van der Waals surface area contributed by atoms with Crippen LogP contribution >= 0.6 is 23.4 Å². The van der Waals surface area contributed by atoms with Gasteiger partial charge in [-0.15, -0.1) is 0 Å². The van der Waals surface area contributed by atoms with Crippen LogP contribution in [0.25, 0.3) is 0 Å². The number of hydrogen-bond acceptors (Lipinski definition) is 5. The maximum atomic E-state index is 12.8. The first kappa shape index (κ1) is 24.2. The van der Waals surface area contributed by atoms with E-state index >= 15 is 0 Å². The highest BCUT2D eigenvalue weighted by atomic mass is 35.5. The highest BCUT2D eigenvalue weighted by Crippen LogP contribution is 2.18. The van der Waals surface area contributed by atoms with Crippen molar-refractivity contribution in [1.29, 1.82) is 0 Å². The van der Waals surface area contributed by atoms with Crippen molar-refractivity contribution in [1.82, 2.24) is 10.6 Å². The average molecular weight is 469 g/mol. The Kier molecular flexibility index (Phi) is 8.76. The first-order valence-corrected chi connectivity index (χ1v) is 12.9. The van der Waals surface area contributed by atoms with Gasteiger partial charge in [-0.1, -0.05) is 35.9 Å². The molecule has 0 radical (unpaired) electrons. The Bertz CT molecular complexity index is 994. The number of thioether (sulfide) groups is 1. The monoisotopic (exact) mass is 468 g/mol. The van der Waals surface area contributed by atoms with Gasteiger partial charge in [0.2, 0.25) is 5.91 Å². The van der Waals surface area contributed by atoms with E-state index in [0.29, 0.717) is 22.8 Å². The van der Waals surface area contributed by atoms with Crippen molar-refractivity contribution < 1.29 is 18.0 Å². The molecule has 2 aromatic carbocycles. The standard InChI is InChI=1S/C21H25ClN2O4S2/c1-14(15-8-10-16(11-9-15)30(3,27)28)23-21(26)19(12-13-29-2)24-20(25)17-6-4-5-7-18(17)22/h4-11,14,19H,12-13H2,1-3H3,(H,23,26)(H,24,25). The lowest BCUT2D eigenvalue weighted by atomic mass is 10.1. The fourth-order valence-electron chi connectivity index (χ4n) is 2.79. The summed E-state index contributed by atoms with van der Waals surface area (Å²) in [5, 5.41) is 5.97. The number of carbonyl (C=O) groups excluding carboxylic acids is 2. The van der Waals surface area contributed by atoms with Crippen molar-refractivity contribution in [2.75, 3.05) is 18.3 Å². The minimum Gasteiger partial charge on any atom is -0.348 e. The maximum absolute atomic E-state index is 12.8. The zero-order valence-electron chi connectivity index (χ0n) is 17.0. The van der Waals surface area contributed by atoms with Crippen molar-refractivity contribution in [2.45, 2.75) is 30.3 Å². The van der Waals surface area contributed by atoms with E-state index in [-0.39, 0.29) is 16.8 Å². The van der Waals surface area contributed by atoms with Crippen molar-refractivity contribution in [3.8, 4) is 0 Å². The summed E-state index contributed by atoms with van der Waals surface area (Å²) >= 11 is 7.67. The van der Waals surface area contributed by atoms with Crippen LogP contribution in [0, 0.1) is 0 Å². The third-order valence-electron chi connectivity index (χ3n) is 4.52. The Morgan fingerprint density at radius 3 is 2.27 bits per heavy atom. The number of rotatable bonds is 9. The molecule has 162 valence electrons. The summed E-state index contributed by atoms with van der Waals surface area (Å²) in [5.41, 5.74) is 1.07. The molecule has 0 aliphatic carbocycles. The second-order valence-electron chi connectivity index (χ2n) is 6.86. The first-order valence-electron chi connectivity index (χ1n) is 9.28. The van der Waals surface area contributed by atoms with Crippen LogP contribution in [0.1, 0.15) is 35.3 Å². The molecule has 6 nitrogen and oxygen atoms in total. The van der Waals surface area contributed by atoms with E-state index < -0.39 is 21.8 Å². The number of sulfone groups is 1. The van der Waals surface area contributed by atoms with E-state index in [4.69, 9.17) is 11.6 Å². The summed E-state index contributed by atoms with van der Waals surface area (Å²) in [4.78, 5) is 25.7. The Morgan fingerprint density at radius 1 is 1.07 bits per heavy atom. The van der Waals surface area contributed by atoms with Gasteiger partial charge >= 0.3 is 0 Å². The third kappa shape index (κ3) is 6.75. The lowest BCUT2D eigenvalue weighted by Gasteiger charge is -2.22. The molecule has 2 atom stereocenters. The number of benzene rings is 2. The fourth-order valence-corrected chi connectivity index (χ4v) is 4.11. The van der Waals surface area contributed by atoms with Gasteiger partial charge in [0.15, 0.2) is 9.84 Å². The summed E-state index contributed by atoms with van der Waals surface area (Å²) < 4.78 is 23.2. The molecule has 2 unspecified atom stereocenters. The van der Waals surface area contributed by atoms with Crippen LogP contribution in [0.2, 0.25) is 5.02 Å². The highest BCUT2D eigenvalue weighted by molar-refractivity contribution is 7.98. The SMILES string of the molecule is CSCCC(NC(=O)c1ccccc1Cl)C(=O)NC(C)c1ccc(S(C)(=O)=O)cc1. The number of hydrogen-bond donors (Lipinski definition) is 2. The fraction of sp³-hybridized carbons (Fsp3) is 0.333. The Hall–Kier alpha value is -2.03. The molecule has 0 saturated carbocycles. The molecule has 9 heteroatoms. The van der Waals surface area contributed by atoms with Crippen LogP contribution in [0.15, 0.2) is 53.4 Å². The number of halogens is 1. The van der Waals surface area contributed by atoms with Crippen molar-refractivity contribution in [3.05, 3.63) is 64.7 Å². The Balaban J connectivity index is 2.10. The molecule has 0 heterocycles. The second kappa shape index (κ2) is 10.8. The summed E-state index contributed by atoms with van der Waals surface area (Å²) in [7, 11) is -3.28. The predicted molar refractivity (Wildman–Crippen MR) is 122 cm³/mol. The van der Waals surface area contributed by atoms with E-state index in [1.165, 1.54) is 12.1 Å². The smallest absolute Gasteiger partial charge is 0.253 e. The lowest BCUT2D eigenvalue weighted by Crippen LogP contribution is -2.47. The predicted octanol–water partition coefficient (Wildman–Crippen LogP) is 3.47. The molecular formula is C21H25ClN2O4S2.